The van der Waals surface area contributed by atoms with Crippen LogP contribution in [0.5, 0.6) is 0 Å². The van der Waals surface area contributed by atoms with E-state index in [4.69, 9.17) is 37.9 Å². The van der Waals surface area contributed by atoms with Crippen molar-refractivity contribution in [2.24, 2.45) is 52.3 Å². The van der Waals surface area contributed by atoms with E-state index in [1.54, 1.807) is 7.11 Å². The lowest BCUT2D eigenvalue weighted by Crippen LogP contribution is -2.63. The lowest BCUT2D eigenvalue weighted by atomic mass is 9.44. The number of aliphatic hydroxyl groups excluding tert-OH is 10. The summed E-state index contributed by atoms with van der Waals surface area (Å²) in [5.74, 6) is 1.81. The number of rotatable bonds is 13. The summed E-state index contributed by atoms with van der Waals surface area (Å²) in [5, 5.41) is 103. The van der Waals surface area contributed by atoms with Gasteiger partial charge in [0.05, 0.1) is 38.6 Å². The van der Waals surface area contributed by atoms with Gasteiger partial charge in [-0.25, -0.2) is 0 Å². The summed E-state index contributed by atoms with van der Waals surface area (Å²) in [6.45, 7) is 8.15. The fourth-order valence-corrected chi connectivity index (χ4v) is 14.2. The molecule has 0 bridgehead atoms. The summed E-state index contributed by atoms with van der Waals surface area (Å²) in [6.07, 6.45) is -10.1. The largest absolute Gasteiger partial charge is 0.394 e. The molecule has 0 spiro atoms. The molecular weight excluding hydrogens is 828 g/mol. The highest BCUT2D eigenvalue weighted by molar-refractivity contribution is 5.15. The number of ether oxygens (including phenoxy) is 8. The minimum Gasteiger partial charge on any atom is -0.394 e. The maximum atomic E-state index is 11.1. The molecule has 18 nitrogen and oxygen atoms in total. The number of aliphatic hydroxyl groups is 10. The molecule has 0 aromatic rings. The zero-order chi connectivity index (χ0) is 45.3. The van der Waals surface area contributed by atoms with Crippen LogP contribution in [-0.2, 0) is 37.9 Å². The van der Waals surface area contributed by atoms with Crippen molar-refractivity contribution in [3.8, 4) is 0 Å². The zero-order valence-corrected chi connectivity index (χ0v) is 37.4. The first-order valence-corrected chi connectivity index (χ1v) is 23.7. The van der Waals surface area contributed by atoms with E-state index in [-0.39, 0.29) is 48.1 Å². The third kappa shape index (κ3) is 8.60. The van der Waals surface area contributed by atoms with Crippen molar-refractivity contribution in [3.05, 3.63) is 0 Å². The third-order valence-electron chi connectivity index (χ3n) is 17.9. The third-order valence-corrected chi connectivity index (χ3v) is 17.9. The second-order valence-electron chi connectivity index (χ2n) is 21.2. The molecule has 10 N–H and O–H groups in total. The Kier molecular flexibility index (Phi) is 14.7. The van der Waals surface area contributed by atoms with Crippen molar-refractivity contribution >= 4 is 0 Å². The van der Waals surface area contributed by atoms with Crippen LogP contribution in [0.1, 0.15) is 91.9 Å². The predicted molar refractivity (Wildman–Crippen MR) is 218 cm³/mol. The number of fused-ring (bicyclic) bond motifs is 7. The van der Waals surface area contributed by atoms with Gasteiger partial charge in [0.1, 0.15) is 67.1 Å². The Hall–Kier alpha value is -0.720. The molecule has 63 heavy (non-hydrogen) atoms. The molecule has 4 aliphatic carbocycles. The highest BCUT2D eigenvalue weighted by Crippen LogP contribution is 2.71. The van der Waals surface area contributed by atoms with Crippen molar-refractivity contribution in [2.45, 2.75) is 196 Å². The van der Waals surface area contributed by atoms with Crippen LogP contribution >= 0.6 is 0 Å². The van der Waals surface area contributed by atoms with Crippen molar-refractivity contribution in [2.75, 3.05) is 33.5 Å². The summed E-state index contributed by atoms with van der Waals surface area (Å²) >= 11 is 0. The van der Waals surface area contributed by atoms with E-state index in [0.29, 0.717) is 36.0 Å². The number of hydrogen-bond acceptors (Lipinski definition) is 18. The summed E-state index contributed by atoms with van der Waals surface area (Å²) < 4.78 is 48.7. The van der Waals surface area contributed by atoms with Crippen LogP contribution in [0, 0.1) is 52.3 Å². The molecular formula is C45H76O18. The fourth-order valence-electron chi connectivity index (χ4n) is 14.2. The zero-order valence-electron chi connectivity index (χ0n) is 37.4. The summed E-state index contributed by atoms with van der Waals surface area (Å²) in [4.78, 5) is 0. The first kappa shape index (κ1) is 48.7. The summed E-state index contributed by atoms with van der Waals surface area (Å²) in [6, 6.07) is 0. The highest BCUT2D eigenvalue weighted by atomic mass is 16.8. The molecule has 0 amide bonds. The molecule has 18 heteroatoms. The van der Waals surface area contributed by atoms with Crippen molar-refractivity contribution in [3.63, 3.8) is 0 Å². The van der Waals surface area contributed by atoms with Gasteiger partial charge in [0, 0.05) is 19.4 Å². The highest BCUT2D eigenvalue weighted by Gasteiger charge is 2.69. The van der Waals surface area contributed by atoms with Crippen LogP contribution in [0.15, 0.2) is 0 Å². The number of hydrogen-bond donors (Lipinski definition) is 10. The molecule has 4 aliphatic heterocycles. The molecule has 8 fully saturated rings. The Balaban J connectivity index is 0.875. The monoisotopic (exact) mass is 905 g/mol. The van der Waals surface area contributed by atoms with Gasteiger partial charge in [0.15, 0.2) is 24.7 Å². The number of methoxy groups -OCH3 is 1. The Morgan fingerprint density at radius 2 is 1.37 bits per heavy atom. The molecule has 4 saturated carbocycles. The van der Waals surface area contributed by atoms with Crippen LogP contribution in [0.4, 0.5) is 0 Å². The molecule has 0 unspecified atom stereocenters. The van der Waals surface area contributed by atoms with E-state index in [1.165, 1.54) is 0 Å². The molecule has 0 aromatic carbocycles. The van der Waals surface area contributed by atoms with Gasteiger partial charge in [-0.1, -0.05) is 27.7 Å². The topological polar surface area (TPSA) is 276 Å². The average Bonchev–Trinajstić information content (AvgIpc) is 3.73. The molecule has 8 aliphatic rings. The minimum absolute atomic E-state index is 0.0359. The fraction of sp³-hybridized carbons (Fsp3) is 1.00. The molecule has 8 rings (SSSR count). The van der Waals surface area contributed by atoms with Gasteiger partial charge >= 0.3 is 0 Å². The van der Waals surface area contributed by atoms with Gasteiger partial charge in [0.25, 0.3) is 0 Å². The molecule has 26 atom stereocenters. The Bertz CT molecular complexity index is 1530. The van der Waals surface area contributed by atoms with Gasteiger partial charge in [-0.3, -0.25) is 0 Å². The van der Waals surface area contributed by atoms with Gasteiger partial charge in [-0.05, 0) is 104 Å². The van der Waals surface area contributed by atoms with E-state index in [2.05, 4.69) is 20.8 Å². The Morgan fingerprint density at radius 3 is 2.06 bits per heavy atom. The predicted octanol–water partition coefficient (Wildman–Crippen LogP) is -0.486. The van der Waals surface area contributed by atoms with Crippen LogP contribution in [0.2, 0.25) is 0 Å². The molecule has 4 saturated heterocycles. The average molecular weight is 905 g/mol. The van der Waals surface area contributed by atoms with Gasteiger partial charge in [-0.15, -0.1) is 0 Å². The smallest absolute Gasteiger partial charge is 0.187 e. The second-order valence-corrected chi connectivity index (χ2v) is 21.2. The van der Waals surface area contributed by atoms with Gasteiger partial charge in [0.2, 0.25) is 0 Å². The van der Waals surface area contributed by atoms with Crippen LogP contribution in [0.3, 0.4) is 0 Å². The SMILES string of the molecule is CO[C@]1(CC[C@H](C)CO[C@@H]2O[C@H](CO)[C@@H](O)[C@H](O)[C@H]2O)O[C@H]2C[C@H]3[C@@H]4CC[C@@H]5C[C@@H](O[C@@H]6O[C@H](CO)[C@@H](O)[C@H](O)[C@H]6O[C@@H]6OC[C@@H](O)[C@H](O)[C@H]6O)CC[C@]5(C)[C@H]4CC[C@]3(C)[C@H]2[C@@H]1C. The van der Waals surface area contributed by atoms with Crippen LogP contribution in [-0.4, -0.2) is 189 Å². The quantitative estimate of drug-likeness (QED) is 0.105. The van der Waals surface area contributed by atoms with Crippen molar-refractivity contribution in [1.29, 1.82) is 0 Å². The van der Waals surface area contributed by atoms with E-state index < -0.39 is 105 Å². The lowest BCUT2D eigenvalue weighted by Gasteiger charge is -2.61. The van der Waals surface area contributed by atoms with E-state index in [0.717, 1.165) is 57.8 Å². The summed E-state index contributed by atoms with van der Waals surface area (Å²) in [7, 11) is 1.74. The molecule has 0 radical (unpaired) electrons. The molecule has 4 heterocycles. The lowest BCUT2D eigenvalue weighted by molar-refractivity contribution is -0.364. The first-order valence-electron chi connectivity index (χ1n) is 23.7. The second kappa shape index (κ2) is 19.0. The van der Waals surface area contributed by atoms with Gasteiger partial charge in [-0.2, -0.15) is 0 Å². The maximum absolute atomic E-state index is 11.1. The van der Waals surface area contributed by atoms with Crippen molar-refractivity contribution in [1.82, 2.24) is 0 Å². The minimum atomic E-state index is -1.62. The van der Waals surface area contributed by atoms with E-state index in [1.807, 2.05) is 6.92 Å². The molecule has 0 aromatic heterocycles. The Labute approximate surface area is 370 Å². The van der Waals surface area contributed by atoms with E-state index in [9.17, 15) is 51.1 Å². The van der Waals surface area contributed by atoms with Gasteiger partial charge < -0.3 is 89.0 Å². The van der Waals surface area contributed by atoms with Crippen molar-refractivity contribution < 1.29 is 89.0 Å². The van der Waals surface area contributed by atoms with E-state index >= 15 is 0 Å². The maximum Gasteiger partial charge on any atom is 0.187 e. The normalized spacial score (nSPS) is 55.1. The first-order chi connectivity index (χ1) is 29.9. The standard InChI is InChI=1S/C45H76O18/c1-20(18-57-40-38(55)35(52)33(50)29(16-46)60-40)8-13-45(56-5)21(2)31-28(63-45)15-26-24-7-6-22-14-23(9-11-43(22,3)25(24)10-12-44(26,31)4)59-42-39(36(53)34(51)30(17-47)61-42)62-41-37(54)32(49)27(48)19-58-41/h20-42,46-55H,6-19H2,1-5H3/t20-,21-,22+,23-,24+,25-,26-,27+,28-,29+,30+,31-,32-,33+,34+,35-,36-,37+,38+,39+,40+,41-,42+,43-,44-,45+/m0/s1. The summed E-state index contributed by atoms with van der Waals surface area (Å²) in [5.41, 5.74) is 0.195. The Morgan fingerprint density at radius 1 is 0.698 bits per heavy atom. The molecule has 364 valence electrons. The van der Waals surface area contributed by atoms with Crippen LogP contribution < -0.4 is 0 Å². The van der Waals surface area contributed by atoms with Crippen LogP contribution in [0.25, 0.3) is 0 Å².